The predicted molar refractivity (Wildman–Crippen MR) is 138 cm³/mol. The van der Waals surface area contributed by atoms with Crippen molar-refractivity contribution >= 4 is 27.5 Å². The lowest BCUT2D eigenvalue weighted by Crippen LogP contribution is -2.49. The minimum atomic E-state index is -3.66. The molecule has 11 heteroatoms. The summed E-state index contributed by atoms with van der Waals surface area (Å²) in [6, 6.07) is 10.00. The van der Waals surface area contributed by atoms with E-state index in [0.29, 0.717) is 17.2 Å². The van der Waals surface area contributed by atoms with Gasteiger partial charge in [-0.25, -0.2) is 12.8 Å². The summed E-state index contributed by atoms with van der Waals surface area (Å²) >= 11 is 0. The van der Waals surface area contributed by atoms with Gasteiger partial charge in [0.15, 0.2) is 11.5 Å². The fourth-order valence-electron chi connectivity index (χ4n) is 3.90. The molecular weight excluding hydrogens is 501 g/mol. The van der Waals surface area contributed by atoms with E-state index < -0.39 is 21.9 Å². The highest BCUT2D eigenvalue weighted by Crippen LogP contribution is 2.36. The van der Waals surface area contributed by atoms with Crippen molar-refractivity contribution in [1.82, 2.24) is 10.2 Å². The number of hydrogen-bond acceptors (Lipinski definition) is 6. The standard InChI is InChI=1S/C26H34FN3O6S/c1-5-18(2)28-26(32)19(3)29(16-20-9-6-7-10-22(20)27)25(31)11-8-14-30(37(4,33)34)21-12-13-23-24(15-21)36-17-35-23/h6-7,9-10,12-13,15,18-19H,5,8,11,14,16-17H2,1-4H3,(H,28,32)/t18-,19-/m0/s1. The maximum absolute atomic E-state index is 14.4. The summed E-state index contributed by atoms with van der Waals surface area (Å²) in [6.07, 6.45) is 1.96. The molecule has 2 aromatic carbocycles. The molecule has 0 unspecified atom stereocenters. The third-order valence-corrected chi connectivity index (χ3v) is 7.46. The number of rotatable bonds is 12. The number of hydrogen-bond donors (Lipinski definition) is 1. The molecule has 0 radical (unpaired) electrons. The van der Waals surface area contributed by atoms with Crippen LogP contribution in [0.3, 0.4) is 0 Å². The summed E-state index contributed by atoms with van der Waals surface area (Å²) in [5.41, 5.74) is 0.681. The molecule has 2 atom stereocenters. The number of benzene rings is 2. The number of nitrogens with zero attached hydrogens (tertiary/aromatic N) is 2. The molecule has 1 heterocycles. The second kappa shape index (κ2) is 12.3. The number of nitrogens with one attached hydrogen (secondary N) is 1. The molecule has 0 saturated carbocycles. The van der Waals surface area contributed by atoms with Crippen LogP contribution in [0.25, 0.3) is 0 Å². The average molecular weight is 536 g/mol. The van der Waals surface area contributed by atoms with Gasteiger partial charge in [0, 0.05) is 37.2 Å². The van der Waals surface area contributed by atoms with Crippen molar-refractivity contribution in [2.75, 3.05) is 23.9 Å². The minimum Gasteiger partial charge on any atom is -0.454 e. The Balaban J connectivity index is 1.74. The summed E-state index contributed by atoms with van der Waals surface area (Å²) in [5, 5.41) is 2.87. The van der Waals surface area contributed by atoms with Gasteiger partial charge in [-0.2, -0.15) is 0 Å². The van der Waals surface area contributed by atoms with Crippen molar-refractivity contribution in [1.29, 1.82) is 0 Å². The predicted octanol–water partition coefficient (Wildman–Crippen LogP) is 3.43. The first kappa shape index (κ1) is 28.2. The van der Waals surface area contributed by atoms with Crippen molar-refractivity contribution in [3.8, 4) is 11.5 Å². The van der Waals surface area contributed by atoms with Gasteiger partial charge >= 0.3 is 0 Å². The highest BCUT2D eigenvalue weighted by atomic mass is 32.2. The Morgan fingerprint density at radius 3 is 2.49 bits per heavy atom. The number of anilines is 1. The van der Waals surface area contributed by atoms with Crippen LogP contribution in [-0.4, -0.2) is 56.8 Å². The molecule has 0 bridgehead atoms. The van der Waals surface area contributed by atoms with E-state index in [1.807, 2.05) is 13.8 Å². The van der Waals surface area contributed by atoms with Crippen molar-refractivity contribution in [2.24, 2.45) is 0 Å². The van der Waals surface area contributed by atoms with E-state index in [9.17, 15) is 22.4 Å². The first-order chi connectivity index (χ1) is 17.5. The van der Waals surface area contributed by atoms with E-state index in [1.165, 1.54) is 15.3 Å². The van der Waals surface area contributed by atoms with Crippen LogP contribution in [0.2, 0.25) is 0 Å². The average Bonchev–Trinajstić information content (AvgIpc) is 3.32. The van der Waals surface area contributed by atoms with E-state index in [2.05, 4.69) is 5.32 Å². The molecule has 0 fully saturated rings. The SMILES string of the molecule is CC[C@H](C)NC(=O)[C@H](C)N(Cc1ccccc1F)C(=O)CCCN(c1ccc2c(c1)OCO2)S(C)(=O)=O. The normalized spacial score (nSPS) is 14.1. The third-order valence-electron chi connectivity index (χ3n) is 6.26. The second-order valence-electron chi connectivity index (χ2n) is 9.08. The lowest BCUT2D eigenvalue weighted by atomic mass is 10.1. The number of halogens is 1. The number of carbonyl (C=O) groups excluding carboxylic acids is 2. The van der Waals surface area contributed by atoms with Crippen LogP contribution in [0.4, 0.5) is 10.1 Å². The van der Waals surface area contributed by atoms with E-state index in [4.69, 9.17) is 9.47 Å². The molecule has 2 aromatic rings. The molecule has 3 rings (SSSR count). The van der Waals surface area contributed by atoms with Crippen molar-refractivity contribution < 1.29 is 31.9 Å². The number of sulfonamides is 1. The topological polar surface area (TPSA) is 105 Å². The monoisotopic (exact) mass is 535 g/mol. The van der Waals surface area contributed by atoms with Gasteiger partial charge < -0.3 is 19.7 Å². The molecule has 1 aliphatic rings. The lowest BCUT2D eigenvalue weighted by Gasteiger charge is -2.30. The summed E-state index contributed by atoms with van der Waals surface area (Å²) in [7, 11) is -3.66. The molecule has 0 spiro atoms. The number of ether oxygens (including phenoxy) is 2. The zero-order valence-corrected chi connectivity index (χ0v) is 22.4. The highest BCUT2D eigenvalue weighted by Gasteiger charge is 2.28. The fourth-order valence-corrected chi connectivity index (χ4v) is 4.86. The fraction of sp³-hybridized carbons (Fsp3) is 0.462. The van der Waals surface area contributed by atoms with E-state index in [-0.39, 0.29) is 56.1 Å². The summed E-state index contributed by atoms with van der Waals surface area (Å²) < 4.78 is 51.2. The molecular formula is C26H34FN3O6S. The Morgan fingerprint density at radius 1 is 1.11 bits per heavy atom. The van der Waals surface area contributed by atoms with Gasteiger partial charge in [-0.05, 0) is 44.9 Å². The maximum Gasteiger partial charge on any atom is 0.242 e. The molecule has 0 saturated heterocycles. The first-order valence-electron chi connectivity index (χ1n) is 12.2. The zero-order chi connectivity index (χ0) is 27.2. The van der Waals surface area contributed by atoms with Crippen LogP contribution in [0, 0.1) is 5.82 Å². The van der Waals surface area contributed by atoms with Gasteiger partial charge in [0.1, 0.15) is 11.9 Å². The Bertz CT molecular complexity index is 1220. The smallest absolute Gasteiger partial charge is 0.242 e. The molecule has 37 heavy (non-hydrogen) atoms. The van der Waals surface area contributed by atoms with Crippen LogP contribution in [0.15, 0.2) is 42.5 Å². The number of carbonyl (C=O) groups is 2. The summed E-state index contributed by atoms with van der Waals surface area (Å²) in [5.74, 6) is -0.215. The highest BCUT2D eigenvalue weighted by molar-refractivity contribution is 7.92. The van der Waals surface area contributed by atoms with Crippen LogP contribution >= 0.6 is 0 Å². The molecule has 0 aromatic heterocycles. The minimum absolute atomic E-state index is 0.0329. The Morgan fingerprint density at radius 2 is 1.81 bits per heavy atom. The maximum atomic E-state index is 14.4. The van der Waals surface area contributed by atoms with Gasteiger partial charge in [0.25, 0.3) is 0 Å². The first-order valence-corrected chi connectivity index (χ1v) is 14.1. The van der Waals surface area contributed by atoms with Crippen LogP contribution in [0.1, 0.15) is 45.6 Å². The molecule has 1 N–H and O–H groups in total. The van der Waals surface area contributed by atoms with Crippen molar-refractivity contribution in [3.63, 3.8) is 0 Å². The number of amides is 2. The molecule has 1 aliphatic heterocycles. The summed E-state index contributed by atoms with van der Waals surface area (Å²) in [6.45, 7) is 5.41. The zero-order valence-electron chi connectivity index (χ0n) is 21.6. The van der Waals surface area contributed by atoms with Gasteiger partial charge in [0.05, 0.1) is 11.9 Å². The van der Waals surface area contributed by atoms with Crippen molar-refractivity contribution in [3.05, 3.63) is 53.8 Å². The Labute approximate surface area is 217 Å². The Hall–Kier alpha value is -3.34. The molecule has 2 amide bonds. The largest absolute Gasteiger partial charge is 0.454 e. The Kier molecular flexibility index (Phi) is 9.36. The van der Waals surface area contributed by atoms with Crippen LogP contribution < -0.4 is 19.1 Å². The molecule has 9 nitrogen and oxygen atoms in total. The number of fused-ring (bicyclic) bond motifs is 1. The summed E-state index contributed by atoms with van der Waals surface area (Å²) in [4.78, 5) is 27.5. The van der Waals surface area contributed by atoms with Crippen LogP contribution in [-0.2, 0) is 26.2 Å². The van der Waals surface area contributed by atoms with Gasteiger partial charge in [-0.15, -0.1) is 0 Å². The van der Waals surface area contributed by atoms with Gasteiger partial charge in [-0.1, -0.05) is 25.1 Å². The van der Waals surface area contributed by atoms with E-state index in [1.54, 1.807) is 43.3 Å². The van der Waals surface area contributed by atoms with Gasteiger partial charge in [-0.3, -0.25) is 13.9 Å². The molecule has 202 valence electrons. The van der Waals surface area contributed by atoms with E-state index >= 15 is 0 Å². The van der Waals surface area contributed by atoms with Crippen molar-refractivity contribution in [2.45, 2.75) is 58.7 Å². The van der Waals surface area contributed by atoms with E-state index in [0.717, 1.165) is 12.7 Å². The molecule has 0 aliphatic carbocycles. The van der Waals surface area contributed by atoms with Crippen LogP contribution in [0.5, 0.6) is 11.5 Å². The quantitative estimate of drug-likeness (QED) is 0.447. The second-order valence-corrected chi connectivity index (χ2v) is 11.0. The van der Waals surface area contributed by atoms with Gasteiger partial charge in [0.2, 0.25) is 28.6 Å². The lowest BCUT2D eigenvalue weighted by molar-refractivity contribution is -0.141. The third kappa shape index (κ3) is 7.34.